The summed E-state index contributed by atoms with van der Waals surface area (Å²) >= 11 is 3.21. The van der Waals surface area contributed by atoms with Crippen molar-refractivity contribution in [3.63, 3.8) is 0 Å². The van der Waals surface area contributed by atoms with E-state index in [2.05, 4.69) is 39.7 Å². The number of carbonyl (C=O) groups excluding carboxylic acids is 4. The molecule has 9 rings (SSSR count). The van der Waals surface area contributed by atoms with Crippen molar-refractivity contribution in [3.8, 4) is 26.6 Å². The van der Waals surface area contributed by atoms with Crippen LogP contribution in [0.1, 0.15) is 98.3 Å². The number of hydrogen-bond donors (Lipinski definition) is 3. The van der Waals surface area contributed by atoms with Crippen molar-refractivity contribution < 1.29 is 29.0 Å². The number of aliphatic imine (C=N–C) groups is 1. The van der Waals surface area contributed by atoms with Gasteiger partial charge in [0.1, 0.15) is 29.0 Å². The van der Waals surface area contributed by atoms with E-state index >= 15 is 0 Å². The van der Waals surface area contributed by atoms with Gasteiger partial charge in [-0.05, 0) is 80.1 Å². The zero-order valence-corrected chi connectivity index (χ0v) is 40.0. The third kappa shape index (κ3) is 9.01. The van der Waals surface area contributed by atoms with Crippen LogP contribution in [0.4, 0.5) is 0 Å². The minimum absolute atomic E-state index is 0.00728. The van der Waals surface area contributed by atoms with Gasteiger partial charge in [0.05, 0.1) is 47.5 Å². The second kappa shape index (κ2) is 19.2. The first kappa shape index (κ1) is 46.0. The summed E-state index contributed by atoms with van der Waals surface area (Å²) in [5.41, 5.74) is 11.0. The van der Waals surface area contributed by atoms with Crippen LogP contribution in [0.5, 0.6) is 0 Å². The Labute approximate surface area is 401 Å². The zero-order valence-electron chi connectivity index (χ0n) is 38.4. The molecule has 2 aliphatic rings. The summed E-state index contributed by atoms with van der Waals surface area (Å²) in [5.74, 6) is -0.477. The number of aliphatic hydroxyl groups is 1. The Hall–Kier alpha value is -7.14. The van der Waals surface area contributed by atoms with E-state index in [9.17, 15) is 24.3 Å². The number of β-amino-alcohol motifs (C(OH)–C–C–N with tert-alkyl or cyclic N) is 1. The van der Waals surface area contributed by atoms with E-state index in [1.54, 1.807) is 59.1 Å². The number of aryl methyl sites for hydroxylation is 3. The number of rotatable bonds is 12. The van der Waals surface area contributed by atoms with Crippen LogP contribution in [0.25, 0.3) is 26.6 Å². The molecule has 0 radical (unpaired) electrons. The van der Waals surface area contributed by atoms with Crippen LogP contribution in [0.2, 0.25) is 0 Å². The van der Waals surface area contributed by atoms with E-state index in [4.69, 9.17) is 9.73 Å². The van der Waals surface area contributed by atoms with Crippen molar-refractivity contribution in [2.24, 2.45) is 4.99 Å². The second-order valence-corrected chi connectivity index (χ2v) is 19.2. The average Bonchev–Trinajstić information content (AvgIpc) is 4.12. The molecule has 7 aromatic rings. The highest BCUT2D eigenvalue weighted by Crippen LogP contribution is 2.40. The smallest absolute Gasteiger partial charge is 0.308 e. The van der Waals surface area contributed by atoms with Gasteiger partial charge in [-0.25, -0.2) is 4.98 Å². The first-order valence-electron chi connectivity index (χ1n) is 22.3. The molecular weight excluding hydrogens is 897 g/mol. The van der Waals surface area contributed by atoms with Crippen molar-refractivity contribution in [2.45, 2.75) is 77.7 Å². The third-order valence-electron chi connectivity index (χ3n) is 12.8. The number of thiophene rings is 1. The van der Waals surface area contributed by atoms with Gasteiger partial charge >= 0.3 is 5.97 Å². The van der Waals surface area contributed by atoms with Crippen molar-refractivity contribution in [1.29, 1.82) is 0 Å². The largest absolute Gasteiger partial charge is 0.469 e. The Kier molecular flexibility index (Phi) is 13.0. The standard InChI is InChI=1S/C52H50N8O6S2/c1-28-31(4)68-52-44(28)45(55-41(25-43(62)66-6)48-58-57-32(5)60(48)52)37-18-14-34(15-19-37)35-16-22-39(23-17-35)49(63)56-46(36-10-8-7-9-11-36)51(65)59-26-40(61)24-42(59)50(64)54-29(2)33-12-20-38(21-13-33)47-30(3)53-27-67-47/h7-23,27,29,40-42,46,61H,24-26H2,1-6H3,(H,54,64)(H,56,63)/t29-,40+,41-,42-,46-/m0/s1. The molecule has 3 aromatic heterocycles. The summed E-state index contributed by atoms with van der Waals surface area (Å²) in [7, 11) is 1.36. The predicted molar refractivity (Wildman–Crippen MR) is 262 cm³/mol. The highest BCUT2D eigenvalue weighted by Gasteiger charge is 2.42. The van der Waals surface area contributed by atoms with E-state index in [1.807, 2.05) is 97.6 Å². The van der Waals surface area contributed by atoms with Gasteiger partial charge in [0.2, 0.25) is 5.91 Å². The zero-order chi connectivity index (χ0) is 47.8. The number of carbonyl (C=O) groups is 4. The number of benzene rings is 4. The second-order valence-electron chi connectivity index (χ2n) is 17.2. The number of aliphatic hydroxyl groups excluding tert-OH is 1. The molecule has 4 aromatic carbocycles. The normalized spacial score (nSPS) is 17.3. The maximum atomic E-state index is 14.5. The van der Waals surface area contributed by atoms with Crippen LogP contribution in [-0.4, -0.2) is 85.0 Å². The molecular formula is C52H50N8O6S2. The van der Waals surface area contributed by atoms with Crippen LogP contribution in [0, 0.1) is 27.7 Å². The SMILES string of the molecule is COC(=O)C[C@@H]1N=C(c2ccc(-c3ccc(C(=O)N[C@H](C(=O)N4C[C@H](O)C[C@H]4C(=O)N[C@@H](C)c4ccc(-c5scnc5C)cc4)c4ccccc4)cc3)cc2)c2c(sc(C)c2C)-n2c(C)nnc21. The predicted octanol–water partition coefficient (Wildman–Crippen LogP) is 8.12. The quantitative estimate of drug-likeness (QED) is 0.102. The fourth-order valence-electron chi connectivity index (χ4n) is 8.91. The van der Waals surface area contributed by atoms with E-state index in [0.29, 0.717) is 22.8 Å². The fourth-order valence-corrected chi connectivity index (χ4v) is 10.9. The van der Waals surface area contributed by atoms with Gasteiger partial charge in [0, 0.05) is 34.5 Å². The lowest BCUT2D eigenvalue weighted by molar-refractivity contribution is -0.141. The van der Waals surface area contributed by atoms with Gasteiger partial charge in [0.25, 0.3) is 11.8 Å². The van der Waals surface area contributed by atoms with Crippen molar-refractivity contribution >= 4 is 52.1 Å². The maximum Gasteiger partial charge on any atom is 0.308 e. The molecule has 3 amide bonds. The summed E-state index contributed by atoms with van der Waals surface area (Å²) in [5, 5.41) is 26.6. The highest BCUT2D eigenvalue weighted by atomic mass is 32.1. The van der Waals surface area contributed by atoms with E-state index < -0.39 is 47.9 Å². The number of hydrogen-bond acceptors (Lipinski definition) is 12. The third-order valence-corrected chi connectivity index (χ3v) is 14.9. The Morgan fingerprint density at radius 3 is 2.15 bits per heavy atom. The first-order valence-corrected chi connectivity index (χ1v) is 24.0. The van der Waals surface area contributed by atoms with Crippen molar-refractivity contribution in [1.82, 2.24) is 35.3 Å². The molecule has 1 fully saturated rings. The Morgan fingerprint density at radius 2 is 1.49 bits per heavy atom. The van der Waals surface area contributed by atoms with Gasteiger partial charge in [0.15, 0.2) is 5.82 Å². The fraction of sp³-hybridized carbons (Fsp3) is 0.269. The summed E-state index contributed by atoms with van der Waals surface area (Å²) in [6, 6.07) is 28.9. The lowest BCUT2D eigenvalue weighted by Gasteiger charge is -2.29. The topological polar surface area (TPSA) is 181 Å². The Bertz CT molecular complexity index is 3050. The molecule has 68 heavy (non-hydrogen) atoms. The van der Waals surface area contributed by atoms with Crippen molar-refractivity contribution in [3.05, 3.63) is 164 Å². The van der Waals surface area contributed by atoms with E-state index in [1.165, 1.54) is 12.0 Å². The number of nitrogens with one attached hydrogen (secondary N) is 2. The molecule has 3 N–H and O–H groups in total. The highest BCUT2D eigenvalue weighted by molar-refractivity contribution is 7.15. The molecule has 5 heterocycles. The molecule has 2 aliphatic heterocycles. The minimum Gasteiger partial charge on any atom is -0.469 e. The summed E-state index contributed by atoms with van der Waals surface area (Å²) < 4.78 is 7.03. The average molecular weight is 947 g/mol. The number of methoxy groups -OCH3 is 1. The van der Waals surface area contributed by atoms with E-state index in [0.717, 1.165) is 65.1 Å². The number of fused-ring (bicyclic) bond motifs is 3. The Balaban J connectivity index is 0.914. The monoisotopic (exact) mass is 946 g/mol. The molecule has 0 spiro atoms. The van der Waals surface area contributed by atoms with Gasteiger partial charge in [-0.15, -0.1) is 32.9 Å². The minimum atomic E-state index is -1.13. The number of thiazole rings is 1. The molecule has 16 heteroatoms. The number of aromatic nitrogens is 4. The molecule has 1 saturated heterocycles. The van der Waals surface area contributed by atoms with Gasteiger partial charge in [-0.2, -0.15) is 0 Å². The number of likely N-dealkylation sites (tertiary alicyclic amines) is 1. The number of esters is 1. The molecule has 0 saturated carbocycles. The number of nitrogens with zero attached hydrogens (tertiary/aromatic N) is 6. The molecule has 346 valence electrons. The van der Waals surface area contributed by atoms with E-state index in [-0.39, 0.29) is 25.4 Å². The molecule has 5 atom stereocenters. The molecule has 0 aliphatic carbocycles. The van der Waals surface area contributed by atoms with Crippen LogP contribution >= 0.6 is 22.7 Å². The molecule has 14 nitrogen and oxygen atoms in total. The Morgan fingerprint density at radius 1 is 0.824 bits per heavy atom. The first-order chi connectivity index (χ1) is 32.8. The lowest BCUT2D eigenvalue weighted by atomic mass is 9.96. The van der Waals surface area contributed by atoms with Crippen molar-refractivity contribution in [2.75, 3.05) is 13.7 Å². The molecule has 0 bridgehead atoms. The lowest BCUT2D eigenvalue weighted by Crippen LogP contribution is -2.50. The summed E-state index contributed by atoms with van der Waals surface area (Å²) in [6.07, 6.45) is -0.849. The number of amides is 3. The summed E-state index contributed by atoms with van der Waals surface area (Å²) in [6.45, 7) is 9.84. The van der Waals surface area contributed by atoms with Crippen LogP contribution in [-0.2, 0) is 19.1 Å². The van der Waals surface area contributed by atoms with Gasteiger partial charge < -0.3 is 25.4 Å². The van der Waals surface area contributed by atoms with Crippen LogP contribution in [0.3, 0.4) is 0 Å². The summed E-state index contributed by atoms with van der Waals surface area (Å²) in [4.78, 5) is 68.1. The number of ether oxygens (including phenoxy) is 1. The van der Waals surface area contributed by atoms with Gasteiger partial charge in [-0.1, -0.05) is 91.0 Å². The van der Waals surface area contributed by atoms with Crippen LogP contribution < -0.4 is 10.6 Å². The molecule has 0 unspecified atom stereocenters. The maximum absolute atomic E-state index is 14.5. The van der Waals surface area contributed by atoms with Gasteiger partial charge in [-0.3, -0.25) is 28.7 Å². The van der Waals surface area contributed by atoms with Crippen LogP contribution in [0.15, 0.2) is 114 Å².